The molecular formula is C54H34N2O2. The van der Waals surface area contributed by atoms with Gasteiger partial charge in [0.15, 0.2) is 0 Å². The van der Waals surface area contributed by atoms with Gasteiger partial charge in [-0.1, -0.05) is 109 Å². The first-order valence-electron chi connectivity index (χ1n) is 19.7. The van der Waals surface area contributed by atoms with E-state index in [1.807, 2.05) is 24.3 Å². The van der Waals surface area contributed by atoms with Crippen molar-refractivity contribution in [3.05, 3.63) is 206 Å². The van der Waals surface area contributed by atoms with Crippen LogP contribution >= 0.6 is 0 Å². The van der Waals surface area contributed by atoms with Crippen LogP contribution in [-0.4, -0.2) is 0 Å². The van der Waals surface area contributed by atoms with Crippen LogP contribution in [0.1, 0.15) is 0 Å². The first kappa shape index (κ1) is 32.4. The van der Waals surface area contributed by atoms with E-state index in [-0.39, 0.29) is 0 Å². The van der Waals surface area contributed by atoms with Crippen molar-refractivity contribution >= 4 is 110 Å². The summed E-state index contributed by atoms with van der Waals surface area (Å²) in [5.41, 5.74) is 9.69. The summed E-state index contributed by atoms with van der Waals surface area (Å²) in [7, 11) is 0. The van der Waals surface area contributed by atoms with Crippen molar-refractivity contribution in [1.82, 2.24) is 0 Å². The van der Waals surface area contributed by atoms with Crippen LogP contribution in [-0.2, 0) is 0 Å². The zero-order valence-electron chi connectivity index (χ0n) is 31.3. The topological polar surface area (TPSA) is 32.8 Å². The molecule has 2 aromatic heterocycles. The molecule has 12 rings (SSSR count). The van der Waals surface area contributed by atoms with Crippen LogP contribution in [0.25, 0.3) is 76.2 Å². The molecule has 10 aromatic carbocycles. The molecular weight excluding hydrogens is 709 g/mol. The Morgan fingerprint density at radius 3 is 1.12 bits per heavy atom. The standard InChI is InChI=1S/C54H34N2O2/c1-3-13-35(14-4-1)55(36-15-5-2-6-16-36)39-24-28-47-48-29-25-40(34-54(48)58-53(47)33-39)56(38-26-30-52-50(32-38)46-21-11-12-22-51(46)57-52)37-23-27-45-43-19-8-7-17-41(43)42-18-9-10-20-44(42)49(45)31-37/h1-34H. The SMILES string of the molecule is c1ccc(N(c2ccccc2)c2ccc3c(c2)oc2cc(N(c4ccc5oc6ccccc6c5c4)c4ccc5c6ccccc6c6ccccc6c5c4)ccc23)cc1. The summed E-state index contributed by atoms with van der Waals surface area (Å²) in [5, 5.41) is 11.8. The van der Waals surface area contributed by atoms with Gasteiger partial charge in [-0.15, -0.1) is 0 Å². The molecule has 2 heterocycles. The minimum Gasteiger partial charge on any atom is -0.456 e. The Hall–Kier alpha value is -7.82. The van der Waals surface area contributed by atoms with Crippen molar-refractivity contribution < 1.29 is 8.83 Å². The molecule has 0 aliphatic carbocycles. The summed E-state index contributed by atoms with van der Waals surface area (Å²) in [6.45, 7) is 0. The Labute approximate surface area is 334 Å². The Morgan fingerprint density at radius 1 is 0.207 bits per heavy atom. The maximum absolute atomic E-state index is 6.80. The molecule has 0 amide bonds. The fourth-order valence-corrected chi connectivity index (χ4v) is 8.97. The number of rotatable bonds is 6. The normalized spacial score (nSPS) is 11.8. The molecule has 0 spiro atoms. The van der Waals surface area contributed by atoms with Gasteiger partial charge in [-0.2, -0.15) is 0 Å². The van der Waals surface area contributed by atoms with E-state index in [9.17, 15) is 0 Å². The maximum Gasteiger partial charge on any atom is 0.137 e. The highest BCUT2D eigenvalue weighted by molar-refractivity contribution is 6.26. The third kappa shape index (κ3) is 5.09. The fraction of sp³-hybridized carbons (Fsp3) is 0. The molecule has 0 radical (unpaired) electrons. The second-order valence-corrected chi connectivity index (χ2v) is 14.9. The lowest BCUT2D eigenvalue weighted by Crippen LogP contribution is -2.09. The molecule has 0 fully saturated rings. The molecule has 58 heavy (non-hydrogen) atoms. The highest BCUT2D eigenvalue weighted by atomic mass is 16.3. The van der Waals surface area contributed by atoms with E-state index in [0.717, 1.165) is 78.0 Å². The molecule has 4 nitrogen and oxygen atoms in total. The smallest absolute Gasteiger partial charge is 0.137 e. The van der Waals surface area contributed by atoms with E-state index in [0.29, 0.717) is 0 Å². The second-order valence-electron chi connectivity index (χ2n) is 14.9. The lowest BCUT2D eigenvalue weighted by atomic mass is 9.94. The number of nitrogens with zero attached hydrogens (tertiary/aromatic N) is 2. The van der Waals surface area contributed by atoms with E-state index >= 15 is 0 Å². The number of furan rings is 2. The quantitative estimate of drug-likeness (QED) is 0.159. The van der Waals surface area contributed by atoms with Crippen molar-refractivity contribution in [2.75, 3.05) is 9.80 Å². The van der Waals surface area contributed by atoms with Gasteiger partial charge in [0.1, 0.15) is 22.3 Å². The van der Waals surface area contributed by atoms with Crippen LogP contribution in [0.2, 0.25) is 0 Å². The molecule has 12 aromatic rings. The molecule has 4 heteroatoms. The minimum absolute atomic E-state index is 0.827. The number of benzene rings is 10. The van der Waals surface area contributed by atoms with E-state index < -0.39 is 0 Å². The number of fused-ring (bicyclic) bond motifs is 12. The van der Waals surface area contributed by atoms with Gasteiger partial charge >= 0.3 is 0 Å². The zero-order valence-corrected chi connectivity index (χ0v) is 31.3. The van der Waals surface area contributed by atoms with Crippen molar-refractivity contribution in [1.29, 1.82) is 0 Å². The monoisotopic (exact) mass is 742 g/mol. The summed E-state index contributed by atoms with van der Waals surface area (Å²) in [6.07, 6.45) is 0. The molecule has 0 aliphatic rings. The van der Waals surface area contributed by atoms with E-state index in [2.05, 4.69) is 192 Å². The van der Waals surface area contributed by atoms with Gasteiger partial charge in [0.2, 0.25) is 0 Å². The van der Waals surface area contributed by atoms with Crippen LogP contribution in [0.15, 0.2) is 215 Å². The summed E-state index contributed by atoms with van der Waals surface area (Å²) in [6, 6.07) is 73.2. The van der Waals surface area contributed by atoms with Gasteiger partial charge in [0.25, 0.3) is 0 Å². The van der Waals surface area contributed by atoms with Crippen LogP contribution in [0, 0.1) is 0 Å². The Morgan fingerprint density at radius 2 is 0.552 bits per heavy atom. The van der Waals surface area contributed by atoms with Crippen LogP contribution in [0.3, 0.4) is 0 Å². The maximum atomic E-state index is 6.80. The van der Waals surface area contributed by atoms with Gasteiger partial charge in [-0.05, 0) is 117 Å². The lowest BCUT2D eigenvalue weighted by Gasteiger charge is -2.26. The highest BCUT2D eigenvalue weighted by Gasteiger charge is 2.20. The Balaban J connectivity index is 1.06. The molecule has 0 saturated heterocycles. The van der Waals surface area contributed by atoms with Crippen molar-refractivity contribution in [3.8, 4) is 0 Å². The number of hydrogen-bond donors (Lipinski definition) is 0. The minimum atomic E-state index is 0.827. The molecule has 0 aliphatic heterocycles. The molecule has 0 N–H and O–H groups in total. The van der Waals surface area contributed by atoms with Crippen LogP contribution < -0.4 is 9.80 Å². The second kappa shape index (κ2) is 12.9. The third-order valence-electron chi connectivity index (χ3n) is 11.6. The molecule has 272 valence electrons. The summed E-state index contributed by atoms with van der Waals surface area (Å²) < 4.78 is 13.1. The van der Waals surface area contributed by atoms with Crippen molar-refractivity contribution in [2.45, 2.75) is 0 Å². The third-order valence-corrected chi connectivity index (χ3v) is 11.6. The first-order valence-corrected chi connectivity index (χ1v) is 19.7. The van der Waals surface area contributed by atoms with Gasteiger partial charge in [-0.25, -0.2) is 0 Å². The summed E-state index contributed by atoms with van der Waals surface area (Å²) in [4.78, 5) is 4.61. The highest BCUT2D eigenvalue weighted by Crippen LogP contribution is 2.45. The van der Waals surface area contributed by atoms with E-state index in [1.54, 1.807) is 0 Å². The Kier molecular flexibility index (Phi) is 7.20. The number of anilines is 6. The molecule has 0 bridgehead atoms. The molecule has 0 saturated carbocycles. The van der Waals surface area contributed by atoms with Gasteiger partial charge in [0, 0.05) is 67.8 Å². The number of hydrogen-bond acceptors (Lipinski definition) is 4. The summed E-state index contributed by atoms with van der Waals surface area (Å²) in [5.74, 6) is 0. The predicted molar refractivity (Wildman–Crippen MR) is 243 cm³/mol. The number of para-hydroxylation sites is 3. The average molecular weight is 743 g/mol. The van der Waals surface area contributed by atoms with Crippen molar-refractivity contribution in [3.63, 3.8) is 0 Å². The predicted octanol–water partition coefficient (Wildman–Crippen LogP) is 15.9. The Bertz CT molecular complexity index is 3460. The van der Waals surface area contributed by atoms with Gasteiger partial charge in [-0.3, -0.25) is 0 Å². The molecule has 0 unspecified atom stereocenters. The fourth-order valence-electron chi connectivity index (χ4n) is 8.97. The zero-order chi connectivity index (χ0) is 38.2. The average Bonchev–Trinajstić information content (AvgIpc) is 3.85. The van der Waals surface area contributed by atoms with Gasteiger partial charge < -0.3 is 18.6 Å². The first-order chi connectivity index (χ1) is 28.7. The van der Waals surface area contributed by atoms with Gasteiger partial charge in [0.05, 0.1) is 0 Å². The van der Waals surface area contributed by atoms with Crippen LogP contribution in [0.5, 0.6) is 0 Å². The molecule has 0 atom stereocenters. The van der Waals surface area contributed by atoms with E-state index in [4.69, 9.17) is 8.83 Å². The largest absolute Gasteiger partial charge is 0.456 e. The van der Waals surface area contributed by atoms with E-state index in [1.165, 1.54) is 32.3 Å². The van der Waals surface area contributed by atoms with Crippen molar-refractivity contribution in [2.24, 2.45) is 0 Å². The summed E-state index contributed by atoms with van der Waals surface area (Å²) >= 11 is 0. The lowest BCUT2D eigenvalue weighted by molar-refractivity contribution is 0.668. The van der Waals surface area contributed by atoms with Crippen LogP contribution in [0.4, 0.5) is 34.1 Å².